The molecule has 0 fully saturated rings. The Morgan fingerprint density at radius 1 is 1.26 bits per heavy atom. The molecule has 1 aromatic carbocycles. The van der Waals surface area contributed by atoms with Gasteiger partial charge in [0.15, 0.2) is 16.3 Å². The minimum Gasteiger partial charge on any atom is -0.383 e. The van der Waals surface area contributed by atoms with E-state index in [9.17, 15) is 13.2 Å². The predicted molar refractivity (Wildman–Crippen MR) is 68.1 cm³/mol. The molecule has 0 amide bonds. The Balaban J connectivity index is 1.99. The highest BCUT2D eigenvalue weighted by atomic mass is 32.2. The Labute approximate surface area is 115 Å². The van der Waals surface area contributed by atoms with Crippen LogP contribution in [0.15, 0.2) is 34.7 Å². The van der Waals surface area contributed by atoms with Crippen molar-refractivity contribution in [3.05, 3.63) is 30.3 Å². The minimum atomic E-state index is -4.60. The van der Waals surface area contributed by atoms with Crippen LogP contribution >= 0.6 is 23.3 Å². The molecule has 0 saturated carbocycles. The van der Waals surface area contributed by atoms with Crippen LogP contribution in [0.25, 0.3) is 11.4 Å². The molecule has 2 rings (SSSR count). The Kier molecular flexibility index (Phi) is 4.43. The van der Waals surface area contributed by atoms with Gasteiger partial charge >= 0.3 is 6.18 Å². The summed E-state index contributed by atoms with van der Waals surface area (Å²) >= 11 is 1.87. The van der Waals surface area contributed by atoms with Gasteiger partial charge in [-0.3, -0.25) is 0 Å². The molecule has 0 bridgehead atoms. The maximum Gasteiger partial charge on any atom is 0.415 e. The third-order valence-electron chi connectivity index (χ3n) is 2.18. The summed E-state index contributed by atoms with van der Waals surface area (Å²) in [5, 5.41) is 8.88. The van der Waals surface area contributed by atoms with Gasteiger partial charge in [0.05, 0.1) is 0 Å². The van der Waals surface area contributed by atoms with E-state index in [0.717, 1.165) is 28.9 Å². The van der Waals surface area contributed by atoms with Crippen molar-refractivity contribution in [3.8, 4) is 11.4 Å². The second-order valence-electron chi connectivity index (χ2n) is 3.62. The van der Waals surface area contributed by atoms with E-state index in [1.54, 1.807) is 0 Å². The van der Waals surface area contributed by atoms with Gasteiger partial charge in [-0.2, -0.15) is 17.5 Å². The van der Waals surface area contributed by atoms with Crippen molar-refractivity contribution in [1.29, 1.82) is 0 Å². The number of hydrogen-bond acceptors (Lipinski definition) is 5. The van der Waals surface area contributed by atoms with Gasteiger partial charge in [-0.1, -0.05) is 42.1 Å². The van der Waals surface area contributed by atoms with Crippen LogP contribution in [0.3, 0.4) is 0 Å². The third kappa shape index (κ3) is 3.92. The molecule has 1 unspecified atom stereocenters. The van der Waals surface area contributed by atoms with Gasteiger partial charge in [-0.15, -0.1) is 0 Å². The van der Waals surface area contributed by atoms with Crippen LogP contribution in [-0.2, 0) is 0 Å². The van der Waals surface area contributed by atoms with E-state index in [-0.39, 0.29) is 0 Å². The average molecular weight is 306 g/mol. The lowest BCUT2D eigenvalue weighted by Crippen LogP contribution is -2.30. The van der Waals surface area contributed by atoms with E-state index >= 15 is 0 Å². The number of aliphatic hydroxyl groups is 1. The molecule has 0 radical (unpaired) electrons. The summed E-state index contributed by atoms with van der Waals surface area (Å²) in [5.41, 5.74) is 0.807. The molecule has 0 spiro atoms. The van der Waals surface area contributed by atoms with E-state index in [4.69, 9.17) is 5.11 Å². The first-order valence-electron chi connectivity index (χ1n) is 5.23. The maximum atomic E-state index is 12.1. The zero-order valence-electron chi connectivity index (χ0n) is 9.46. The van der Waals surface area contributed by atoms with E-state index in [2.05, 4.69) is 9.36 Å². The van der Waals surface area contributed by atoms with Crippen molar-refractivity contribution < 1.29 is 18.3 Å². The summed E-state index contributed by atoms with van der Waals surface area (Å²) in [4.78, 5) is 4.13. The Morgan fingerprint density at radius 3 is 2.58 bits per heavy atom. The molecule has 1 heterocycles. The van der Waals surface area contributed by atoms with Gasteiger partial charge in [0.1, 0.15) is 0 Å². The third-order valence-corrected chi connectivity index (χ3v) is 4.09. The van der Waals surface area contributed by atoms with Crippen LogP contribution in [0, 0.1) is 0 Å². The number of aliphatic hydroxyl groups excluding tert-OH is 1. The Morgan fingerprint density at radius 2 is 1.95 bits per heavy atom. The molecule has 1 atom stereocenters. The molecule has 0 aliphatic heterocycles. The largest absolute Gasteiger partial charge is 0.415 e. The highest BCUT2D eigenvalue weighted by Gasteiger charge is 2.38. The van der Waals surface area contributed by atoms with Crippen LogP contribution in [0.2, 0.25) is 0 Å². The van der Waals surface area contributed by atoms with E-state index in [0.29, 0.717) is 10.2 Å². The zero-order valence-corrected chi connectivity index (χ0v) is 11.1. The lowest BCUT2D eigenvalue weighted by Gasteiger charge is -2.12. The Bertz CT molecular complexity index is 530. The standard InChI is InChI=1S/C11H9F3N2OS2/c12-11(13,14)8(17)6-18-10-15-9(16-19-10)7-4-2-1-3-5-7/h1-5,8,17H,6H2. The van der Waals surface area contributed by atoms with Gasteiger partial charge in [0.25, 0.3) is 0 Å². The normalized spacial score (nSPS) is 13.5. The van der Waals surface area contributed by atoms with Gasteiger partial charge in [-0.25, -0.2) is 4.98 Å². The first kappa shape index (κ1) is 14.3. The number of halogens is 3. The number of thioether (sulfide) groups is 1. The summed E-state index contributed by atoms with van der Waals surface area (Å²) in [6.45, 7) is 0. The van der Waals surface area contributed by atoms with Crippen LogP contribution in [0.1, 0.15) is 0 Å². The zero-order chi connectivity index (χ0) is 13.9. The van der Waals surface area contributed by atoms with Crippen LogP contribution in [-0.4, -0.2) is 32.5 Å². The monoisotopic (exact) mass is 306 g/mol. The lowest BCUT2D eigenvalue weighted by atomic mass is 10.2. The summed E-state index contributed by atoms with van der Waals surface area (Å²) in [7, 11) is 0. The van der Waals surface area contributed by atoms with Crippen LogP contribution < -0.4 is 0 Å². The fraction of sp³-hybridized carbons (Fsp3) is 0.273. The van der Waals surface area contributed by atoms with E-state index in [1.807, 2.05) is 30.3 Å². The van der Waals surface area contributed by atoms with Gasteiger partial charge in [0.2, 0.25) is 0 Å². The number of nitrogens with zero attached hydrogens (tertiary/aromatic N) is 2. The molecule has 102 valence electrons. The topological polar surface area (TPSA) is 46.0 Å². The van der Waals surface area contributed by atoms with E-state index in [1.165, 1.54) is 0 Å². The maximum absolute atomic E-state index is 12.1. The SMILES string of the molecule is OC(CSc1nc(-c2ccccc2)ns1)C(F)(F)F. The highest BCUT2D eigenvalue weighted by Crippen LogP contribution is 2.29. The number of alkyl halides is 3. The predicted octanol–water partition coefficient (Wildman–Crippen LogP) is 3.22. The summed E-state index contributed by atoms with van der Waals surface area (Å²) in [6.07, 6.45) is -6.94. The summed E-state index contributed by atoms with van der Waals surface area (Å²) in [6, 6.07) is 9.15. The van der Waals surface area contributed by atoms with Gasteiger partial charge in [0, 0.05) is 11.3 Å². The number of aromatic nitrogens is 2. The molecule has 19 heavy (non-hydrogen) atoms. The minimum absolute atomic E-state index is 0.405. The first-order chi connectivity index (χ1) is 8.97. The van der Waals surface area contributed by atoms with Gasteiger partial charge in [-0.05, 0) is 11.5 Å². The van der Waals surface area contributed by atoms with Crippen LogP contribution in [0.5, 0.6) is 0 Å². The molecule has 3 nitrogen and oxygen atoms in total. The molecular formula is C11H9F3N2OS2. The Hall–Kier alpha value is -1.12. The van der Waals surface area contributed by atoms with Crippen LogP contribution in [0.4, 0.5) is 13.2 Å². The number of rotatable bonds is 4. The average Bonchev–Trinajstić information content (AvgIpc) is 2.84. The molecule has 1 N–H and O–H groups in total. The molecule has 0 aliphatic rings. The second kappa shape index (κ2) is 5.89. The molecule has 0 saturated heterocycles. The van der Waals surface area contributed by atoms with Crippen molar-refractivity contribution in [2.75, 3.05) is 5.75 Å². The number of benzene rings is 1. The smallest absolute Gasteiger partial charge is 0.383 e. The molecule has 1 aromatic heterocycles. The summed E-state index contributed by atoms with van der Waals surface area (Å²) in [5.74, 6) is 0.00187. The number of hydrogen-bond donors (Lipinski definition) is 1. The quantitative estimate of drug-likeness (QED) is 0.881. The van der Waals surface area contributed by atoms with Crippen molar-refractivity contribution in [2.24, 2.45) is 0 Å². The highest BCUT2D eigenvalue weighted by molar-refractivity contribution is 8.00. The van der Waals surface area contributed by atoms with E-state index < -0.39 is 18.0 Å². The van der Waals surface area contributed by atoms with Crippen molar-refractivity contribution in [1.82, 2.24) is 9.36 Å². The summed E-state index contributed by atoms with van der Waals surface area (Å²) < 4.78 is 40.9. The van der Waals surface area contributed by atoms with Crippen molar-refractivity contribution in [3.63, 3.8) is 0 Å². The molecule has 2 aromatic rings. The van der Waals surface area contributed by atoms with Gasteiger partial charge < -0.3 is 5.11 Å². The lowest BCUT2D eigenvalue weighted by molar-refractivity contribution is -0.195. The van der Waals surface area contributed by atoms with Crippen molar-refractivity contribution in [2.45, 2.75) is 16.6 Å². The molecular weight excluding hydrogens is 297 g/mol. The molecule has 0 aliphatic carbocycles. The molecule has 8 heteroatoms. The fourth-order valence-electron chi connectivity index (χ4n) is 1.22. The fourth-order valence-corrected chi connectivity index (χ4v) is 2.82. The second-order valence-corrected chi connectivity index (χ2v) is 5.64. The first-order valence-corrected chi connectivity index (χ1v) is 6.99. The van der Waals surface area contributed by atoms with Crippen molar-refractivity contribution >= 4 is 23.3 Å².